The maximum absolute atomic E-state index is 12.6. The van der Waals surface area contributed by atoms with Gasteiger partial charge in [-0.1, -0.05) is 25.6 Å². The van der Waals surface area contributed by atoms with Crippen molar-refractivity contribution in [3.63, 3.8) is 0 Å². The standard InChI is InChI=1S/C19H25N3O2S2/c1-11-5-7-22(8-6-11)15(23)10-25-19-20-17(24)16-13-4-3-12(2)9-14(13)26-18(16)21-19/h11-12H,3-10H2,1-2H3,(H,20,21,24)/t12-/m1/s1. The van der Waals surface area contributed by atoms with E-state index < -0.39 is 0 Å². The van der Waals surface area contributed by atoms with Crippen LogP contribution in [0.3, 0.4) is 0 Å². The normalized spacial score (nSPS) is 21.2. The van der Waals surface area contributed by atoms with Crippen molar-refractivity contribution in [2.45, 2.75) is 51.1 Å². The van der Waals surface area contributed by atoms with Crippen molar-refractivity contribution in [2.24, 2.45) is 11.8 Å². The van der Waals surface area contributed by atoms with Crippen LogP contribution in [0.4, 0.5) is 0 Å². The largest absolute Gasteiger partial charge is 0.342 e. The quantitative estimate of drug-likeness (QED) is 0.643. The number of fused-ring (bicyclic) bond motifs is 3. The molecular weight excluding hydrogens is 366 g/mol. The van der Waals surface area contributed by atoms with Gasteiger partial charge >= 0.3 is 0 Å². The second-order valence-electron chi connectivity index (χ2n) is 7.75. The fraction of sp³-hybridized carbons (Fsp3) is 0.632. The van der Waals surface area contributed by atoms with Crippen LogP contribution in [0.15, 0.2) is 9.95 Å². The molecule has 4 rings (SSSR count). The molecule has 1 aliphatic carbocycles. The number of aryl methyl sites for hydroxylation is 1. The van der Waals surface area contributed by atoms with E-state index >= 15 is 0 Å². The third kappa shape index (κ3) is 3.56. The van der Waals surface area contributed by atoms with Gasteiger partial charge in [-0.3, -0.25) is 9.59 Å². The van der Waals surface area contributed by atoms with Crippen LogP contribution < -0.4 is 5.56 Å². The second-order valence-corrected chi connectivity index (χ2v) is 9.80. The summed E-state index contributed by atoms with van der Waals surface area (Å²) in [5.74, 6) is 1.86. The summed E-state index contributed by atoms with van der Waals surface area (Å²) in [6.07, 6.45) is 5.31. The Morgan fingerprint density at radius 2 is 2.04 bits per heavy atom. The van der Waals surface area contributed by atoms with E-state index in [-0.39, 0.29) is 11.5 Å². The van der Waals surface area contributed by atoms with Gasteiger partial charge in [0.2, 0.25) is 5.91 Å². The third-order valence-corrected chi connectivity index (χ3v) is 7.62. The van der Waals surface area contributed by atoms with Crippen LogP contribution >= 0.6 is 23.1 Å². The third-order valence-electron chi connectivity index (χ3n) is 5.61. The summed E-state index contributed by atoms with van der Waals surface area (Å²) in [4.78, 5) is 36.6. The number of rotatable bonds is 3. The summed E-state index contributed by atoms with van der Waals surface area (Å²) in [5.41, 5.74) is 1.15. The summed E-state index contributed by atoms with van der Waals surface area (Å²) < 4.78 is 0. The van der Waals surface area contributed by atoms with Gasteiger partial charge in [-0.05, 0) is 49.5 Å². The fourth-order valence-corrected chi connectivity index (χ4v) is 6.08. The first-order valence-corrected chi connectivity index (χ1v) is 11.3. The number of thioether (sulfide) groups is 1. The lowest BCUT2D eigenvalue weighted by molar-refractivity contribution is -0.129. The molecule has 1 N–H and O–H groups in total. The van der Waals surface area contributed by atoms with Gasteiger partial charge in [-0.15, -0.1) is 11.3 Å². The molecule has 26 heavy (non-hydrogen) atoms. The van der Waals surface area contributed by atoms with Crippen LogP contribution in [0.5, 0.6) is 0 Å². The van der Waals surface area contributed by atoms with E-state index in [0.29, 0.717) is 22.7 Å². The van der Waals surface area contributed by atoms with Gasteiger partial charge in [0.05, 0.1) is 11.1 Å². The lowest BCUT2D eigenvalue weighted by Crippen LogP contribution is -2.38. The molecule has 0 spiro atoms. The molecule has 140 valence electrons. The Bertz CT molecular complexity index is 881. The predicted octanol–water partition coefficient (Wildman–Crippen LogP) is 3.46. The average Bonchev–Trinajstić information content (AvgIpc) is 2.98. The molecule has 7 heteroatoms. The van der Waals surface area contributed by atoms with Crippen LogP contribution in [0.1, 0.15) is 43.6 Å². The van der Waals surface area contributed by atoms with Crippen LogP contribution in [0.2, 0.25) is 0 Å². The molecule has 0 saturated carbocycles. The fourth-order valence-electron chi connectivity index (χ4n) is 3.88. The topological polar surface area (TPSA) is 66.1 Å². The van der Waals surface area contributed by atoms with Gasteiger partial charge < -0.3 is 9.88 Å². The van der Waals surface area contributed by atoms with Gasteiger partial charge in [0, 0.05) is 18.0 Å². The first-order chi connectivity index (χ1) is 12.5. The zero-order valence-electron chi connectivity index (χ0n) is 15.3. The Labute approximate surface area is 161 Å². The molecule has 5 nitrogen and oxygen atoms in total. The number of thiophene rings is 1. The number of aromatic amines is 1. The van der Waals surface area contributed by atoms with E-state index in [1.54, 1.807) is 11.3 Å². The van der Waals surface area contributed by atoms with Crippen LogP contribution in [0, 0.1) is 11.8 Å². The summed E-state index contributed by atoms with van der Waals surface area (Å²) >= 11 is 3.00. The highest BCUT2D eigenvalue weighted by atomic mass is 32.2. The molecule has 0 bridgehead atoms. The number of hydrogen-bond donors (Lipinski definition) is 1. The molecule has 0 radical (unpaired) electrons. The number of likely N-dealkylation sites (tertiary alicyclic amines) is 1. The molecule has 0 unspecified atom stereocenters. The molecule has 1 fully saturated rings. The Morgan fingerprint density at radius 3 is 2.81 bits per heavy atom. The zero-order chi connectivity index (χ0) is 18.3. The smallest absolute Gasteiger partial charge is 0.260 e. The van der Waals surface area contributed by atoms with Crippen LogP contribution in [-0.4, -0.2) is 39.6 Å². The van der Waals surface area contributed by atoms with Crippen molar-refractivity contribution in [1.29, 1.82) is 0 Å². The van der Waals surface area contributed by atoms with Gasteiger partial charge in [0.1, 0.15) is 4.83 Å². The molecule has 0 aromatic carbocycles. The Morgan fingerprint density at radius 1 is 1.27 bits per heavy atom. The molecule has 1 amide bonds. The van der Waals surface area contributed by atoms with Gasteiger partial charge in [0.15, 0.2) is 5.16 Å². The van der Waals surface area contributed by atoms with Crippen LogP contribution in [0.25, 0.3) is 10.2 Å². The van der Waals surface area contributed by atoms with Crippen molar-refractivity contribution < 1.29 is 4.79 Å². The number of piperidine rings is 1. The summed E-state index contributed by atoms with van der Waals surface area (Å²) in [5, 5.41) is 1.34. The van der Waals surface area contributed by atoms with E-state index in [2.05, 4.69) is 23.8 Å². The molecule has 1 atom stereocenters. The number of hydrogen-bond acceptors (Lipinski definition) is 5. The number of carbonyl (C=O) groups is 1. The maximum atomic E-state index is 12.6. The lowest BCUT2D eigenvalue weighted by Gasteiger charge is -2.30. The minimum Gasteiger partial charge on any atom is -0.342 e. The minimum absolute atomic E-state index is 0.0520. The number of H-pyrrole nitrogens is 1. The van der Waals surface area contributed by atoms with E-state index in [0.717, 1.165) is 55.4 Å². The van der Waals surface area contributed by atoms with Crippen molar-refractivity contribution in [2.75, 3.05) is 18.8 Å². The number of nitrogens with zero attached hydrogens (tertiary/aromatic N) is 2. The first kappa shape index (κ1) is 18.0. The Balaban J connectivity index is 1.49. The Hall–Kier alpha value is -1.34. The van der Waals surface area contributed by atoms with E-state index in [1.165, 1.54) is 22.2 Å². The summed E-state index contributed by atoms with van der Waals surface area (Å²) in [6.45, 7) is 6.19. The van der Waals surface area contributed by atoms with Crippen LogP contribution in [-0.2, 0) is 17.6 Å². The lowest BCUT2D eigenvalue weighted by atomic mass is 9.89. The number of amides is 1. The molecular formula is C19H25N3O2S2. The predicted molar refractivity (Wildman–Crippen MR) is 107 cm³/mol. The van der Waals surface area contributed by atoms with Crippen molar-refractivity contribution in [1.82, 2.24) is 14.9 Å². The maximum Gasteiger partial charge on any atom is 0.260 e. The average molecular weight is 392 g/mol. The number of nitrogens with one attached hydrogen (secondary N) is 1. The molecule has 3 heterocycles. The van der Waals surface area contributed by atoms with E-state index in [1.807, 2.05) is 4.90 Å². The minimum atomic E-state index is -0.0520. The highest BCUT2D eigenvalue weighted by Crippen LogP contribution is 2.36. The Kier molecular flexibility index (Phi) is 5.10. The summed E-state index contributed by atoms with van der Waals surface area (Å²) in [6, 6.07) is 0. The first-order valence-electron chi connectivity index (χ1n) is 9.46. The van der Waals surface area contributed by atoms with E-state index in [4.69, 9.17) is 0 Å². The molecule has 2 aliphatic rings. The number of aromatic nitrogens is 2. The van der Waals surface area contributed by atoms with Gasteiger partial charge in [0.25, 0.3) is 5.56 Å². The van der Waals surface area contributed by atoms with Crippen molar-refractivity contribution in [3.05, 3.63) is 20.8 Å². The zero-order valence-corrected chi connectivity index (χ0v) is 17.0. The molecule has 2 aromatic rings. The molecule has 2 aromatic heterocycles. The van der Waals surface area contributed by atoms with Crippen molar-refractivity contribution in [3.8, 4) is 0 Å². The molecule has 1 aliphatic heterocycles. The highest BCUT2D eigenvalue weighted by molar-refractivity contribution is 7.99. The van der Waals surface area contributed by atoms with E-state index in [9.17, 15) is 9.59 Å². The highest BCUT2D eigenvalue weighted by Gasteiger charge is 2.24. The molecule has 1 saturated heterocycles. The van der Waals surface area contributed by atoms with Crippen molar-refractivity contribution >= 4 is 39.2 Å². The second kappa shape index (κ2) is 7.35. The number of carbonyl (C=O) groups excluding carboxylic acids is 1. The van der Waals surface area contributed by atoms with Gasteiger partial charge in [-0.25, -0.2) is 4.98 Å². The van der Waals surface area contributed by atoms with Gasteiger partial charge in [-0.2, -0.15) is 0 Å². The SMILES string of the molecule is CC1CCN(C(=O)CSc2nc3sc4c(c3c(=O)[nH]2)CC[C@@H](C)C4)CC1. The summed E-state index contributed by atoms with van der Waals surface area (Å²) in [7, 11) is 0. The monoisotopic (exact) mass is 391 g/mol.